The number of methoxy groups -OCH3 is 2. The SMILES string of the molecule is COc1cc([C@H]2C3=CC[C@@H]4C(=O)N(c5ccc(C(C)=O)cc5)C(=O)[C@@H]4[C@@H]3C[C@H]3C(=O)N(c4ccc(C(C)=O)cc4)C(=O)[C@@H]23)cc(OC)c1O. The molecule has 2 heterocycles. The van der Waals surface area contributed by atoms with Gasteiger partial charge in [0.2, 0.25) is 29.4 Å². The monoisotopic (exact) mass is 662 g/mol. The Hall–Kier alpha value is -5.58. The van der Waals surface area contributed by atoms with Crippen LogP contribution in [0.15, 0.2) is 72.3 Å². The van der Waals surface area contributed by atoms with Gasteiger partial charge in [-0.3, -0.25) is 38.6 Å². The third-order valence-electron chi connectivity index (χ3n) is 10.6. The first-order valence-electron chi connectivity index (χ1n) is 16.1. The highest BCUT2D eigenvalue weighted by Gasteiger charge is 2.62. The highest BCUT2D eigenvalue weighted by atomic mass is 16.5. The summed E-state index contributed by atoms with van der Waals surface area (Å²) in [5, 5.41) is 10.7. The fourth-order valence-electron chi connectivity index (χ4n) is 8.26. The number of ketones is 2. The van der Waals surface area contributed by atoms with Gasteiger partial charge in [-0.15, -0.1) is 0 Å². The number of aromatic hydroxyl groups is 1. The number of amides is 4. The van der Waals surface area contributed by atoms with E-state index in [4.69, 9.17) is 9.47 Å². The molecule has 0 bridgehead atoms. The van der Waals surface area contributed by atoms with E-state index in [-0.39, 0.29) is 47.6 Å². The molecule has 2 saturated heterocycles. The van der Waals surface area contributed by atoms with Crippen LogP contribution in [0, 0.1) is 29.6 Å². The standard InChI is InChI=1S/C38H34N2O9/c1-18(41)20-5-9-23(10-6-20)39-35(44)26-14-13-25-27(32(26)37(39)46)17-28-33(31(25)22-15-29(48-3)34(43)30(16-22)49-4)38(47)40(36(28)45)24-11-7-21(8-12-24)19(2)42/h5-13,15-16,26-28,31-33,43H,14,17H2,1-4H3/t26-,27+,28+,31-,32-,33+/m0/s1. The summed E-state index contributed by atoms with van der Waals surface area (Å²) in [7, 11) is 2.79. The summed E-state index contributed by atoms with van der Waals surface area (Å²) in [5.41, 5.74) is 2.91. The van der Waals surface area contributed by atoms with Gasteiger partial charge in [-0.25, -0.2) is 0 Å². The van der Waals surface area contributed by atoms with E-state index in [0.717, 1.165) is 10.5 Å². The minimum Gasteiger partial charge on any atom is -0.502 e. The molecule has 6 atom stereocenters. The van der Waals surface area contributed by atoms with Gasteiger partial charge >= 0.3 is 0 Å². The van der Waals surface area contributed by atoms with Crippen molar-refractivity contribution in [1.82, 2.24) is 0 Å². The van der Waals surface area contributed by atoms with E-state index in [1.54, 1.807) is 60.7 Å². The number of anilines is 2. The summed E-state index contributed by atoms with van der Waals surface area (Å²) in [5.74, 6) is -6.29. The maximum Gasteiger partial charge on any atom is 0.238 e. The van der Waals surface area contributed by atoms with E-state index < -0.39 is 53.2 Å². The lowest BCUT2D eigenvalue weighted by Crippen LogP contribution is -2.43. The lowest BCUT2D eigenvalue weighted by Gasteiger charge is -2.44. The Labute approximate surface area is 282 Å². The van der Waals surface area contributed by atoms with Crippen LogP contribution >= 0.6 is 0 Å². The van der Waals surface area contributed by atoms with Crippen LogP contribution in [0.1, 0.15) is 58.9 Å². The second kappa shape index (κ2) is 11.8. The summed E-state index contributed by atoms with van der Waals surface area (Å²) in [6.07, 6.45) is 2.35. The minimum atomic E-state index is -0.861. The quantitative estimate of drug-likeness (QED) is 0.213. The number of carbonyl (C=O) groups excluding carboxylic acids is 6. The number of Topliss-reactive ketones (excluding diaryl/α,β-unsaturated/α-hetero) is 2. The fourth-order valence-corrected chi connectivity index (χ4v) is 8.26. The lowest BCUT2D eigenvalue weighted by atomic mass is 9.57. The number of benzene rings is 3. The fraction of sp³-hybridized carbons (Fsp3) is 0.316. The molecule has 11 heteroatoms. The molecule has 3 aromatic rings. The van der Waals surface area contributed by atoms with Gasteiger partial charge in [0.15, 0.2) is 23.1 Å². The van der Waals surface area contributed by atoms with Crippen molar-refractivity contribution in [1.29, 1.82) is 0 Å². The van der Waals surface area contributed by atoms with Gasteiger partial charge < -0.3 is 14.6 Å². The van der Waals surface area contributed by atoms with Gasteiger partial charge in [0.05, 0.1) is 49.3 Å². The Morgan fingerprint density at radius 2 is 1.14 bits per heavy atom. The van der Waals surface area contributed by atoms with E-state index in [9.17, 15) is 33.9 Å². The number of imide groups is 2. The van der Waals surface area contributed by atoms with E-state index >= 15 is 0 Å². The van der Waals surface area contributed by atoms with Crippen molar-refractivity contribution in [2.24, 2.45) is 29.6 Å². The smallest absolute Gasteiger partial charge is 0.238 e. The number of nitrogens with zero attached hydrogens (tertiary/aromatic N) is 2. The highest BCUT2D eigenvalue weighted by molar-refractivity contribution is 6.24. The number of hydrogen-bond donors (Lipinski definition) is 1. The van der Waals surface area contributed by atoms with E-state index in [1.807, 2.05) is 6.08 Å². The molecule has 1 N–H and O–H groups in total. The van der Waals surface area contributed by atoms with Crippen LogP contribution < -0.4 is 19.3 Å². The molecule has 1 saturated carbocycles. The Bertz CT molecular complexity index is 1960. The molecule has 0 unspecified atom stereocenters. The summed E-state index contributed by atoms with van der Waals surface area (Å²) in [6.45, 7) is 2.87. The second-order valence-corrected chi connectivity index (χ2v) is 13.0. The van der Waals surface area contributed by atoms with Crippen molar-refractivity contribution in [3.05, 3.63) is 89.0 Å². The molecule has 4 aliphatic rings. The van der Waals surface area contributed by atoms with Gasteiger partial charge in [-0.1, -0.05) is 11.6 Å². The Morgan fingerprint density at radius 1 is 0.673 bits per heavy atom. The predicted octanol–water partition coefficient (Wildman–Crippen LogP) is 4.86. The molecule has 2 aliphatic carbocycles. The molecular weight excluding hydrogens is 628 g/mol. The number of hydrogen-bond acceptors (Lipinski definition) is 9. The van der Waals surface area contributed by atoms with Crippen LogP contribution in [0.25, 0.3) is 0 Å². The predicted molar refractivity (Wildman–Crippen MR) is 177 cm³/mol. The van der Waals surface area contributed by atoms with Crippen molar-refractivity contribution in [3.8, 4) is 17.2 Å². The van der Waals surface area contributed by atoms with Crippen LogP contribution in [-0.4, -0.2) is 54.5 Å². The first-order valence-corrected chi connectivity index (χ1v) is 16.1. The zero-order valence-electron chi connectivity index (χ0n) is 27.3. The summed E-state index contributed by atoms with van der Waals surface area (Å²) in [4.78, 5) is 82.9. The zero-order valence-corrected chi connectivity index (χ0v) is 27.3. The van der Waals surface area contributed by atoms with Crippen molar-refractivity contribution < 1.29 is 43.3 Å². The third-order valence-corrected chi connectivity index (χ3v) is 10.6. The number of carbonyl (C=O) groups is 6. The van der Waals surface area contributed by atoms with Crippen molar-refractivity contribution in [2.75, 3.05) is 24.0 Å². The van der Waals surface area contributed by atoms with Gasteiger partial charge in [-0.05, 0) is 98.8 Å². The third kappa shape index (κ3) is 4.86. The molecule has 2 aliphatic heterocycles. The molecule has 4 amide bonds. The summed E-state index contributed by atoms with van der Waals surface area (Å²) in [6, 6.07) is 15.8. The van der Waals surface area contributed by atoms with E-state index in [0.29, 0.717) is 28.1 Å². The molecule has 0 aromatic heterocycles. The minimum absolute atomic E-state index is 0.114. The van der Waals surface area contributed by atoms with Gasteiger partial charge in [0, 0.05) is 17.0 Å². The molecule has 3 fully saturated rings. The Kier molecular flexibility index (Phi) is 7.73. The van der Waals surface area contributed by atoms with Gasteiger partial charge in [0.1, 0.15) is 0 Å². The van der Waals surface area contributed by atoms with Crippen LogP contribution in [0.2, 0.25) is 0 Å². The first kappa shape index (κ1) is 32.0. The largest absolute Gasteiger partial charge is 0.502 e. The molecule has 7 rings (SSSR count). The molecule has 49 heavy (non-hydrogen) atoms. The van der Waals surface area contributed by atoms with Crippen LogP contribution in [-0.2, 0) is 19.2 Å². The Morgan fingerprint density at radius 3 is 1.61 bits per heavy atom. The number of rotatable bonds is 7. The van der Waals surface area contributed by atoms with Crippen LogP contribution in [0.5, 0.6) is 17.2 Å². The highest BCUT2D eigenvalue weighted by Crippen LogP contribution is 2.59. The molecular formula is C38H34N2O9. The molecule has 0 radical (unpaired) electrons. The first-order chi connectivity index (χ1) is 23.5. The maximum atomic E-state index is 14.4. The number of ether oxygens (including phenoxy) is 2. The van der Waals surface area contributed by atoms with Crippen molar-refractivity contribution in [2.45, 2.75) is 32.6 Å². The number of fused-ring (bicyclic) bond motifs is 4. The number of allylic oxidation sites excluding steroid dienone is 2. The van der Waals surface area contributed by atoms with Crippen molar-refractivity contribution >= 4 is 46.6 Å². The average molecular weight is 663 g/mol. The summed E-state index contributed by atoms with van der Waals surface area (Å²) < 4.78 is 10.9. The van der Waals surface area contributed by atoms with Gasteiger partial charge in [0.25, 0.3) is 0 Å². The second-order valence-electron chi connectivity index (χ2n) is 13.0. The molecule has 0 spiro atoms. The van der Waals surface area contributed by atoms with Crippen molar-refractivity contribution in [3.63, 3.8) is 0 Å². The molecule has 3 aromatic carbocycles. The Balaban J connectivity index is 1.34. The van der Waals surface area contributed by atoms with E-state index in [2.05, 4.69) is 0 Å². The zero-order chi connectivity index (χ0) is 34.9. The molecule has 250 valence electrons. The maximum absolute atomic E-state index is 14.4. The topological polar surface area (TPSA) is 148 Å². The number of phenolic OH excluding ortho intramolecular Hbond substituents is 1. The normalized spacial score (nSPS) is 25.8. The van der Waals surface area contributed by atoms with E-state index in [1.165, 1.54) is 33.0 Å². The van der Waals surface area contributed by atoms with Crippen LogP contribution in [0.4, 0.5) is 11.4 Å². The van der Waals surface area contributed by atoms with Crippen LogP contribution in [0.3, 0.4) is 0 Å². The lowest BCUT2D eigenvalue weighted by molar-refractivity contribution is -0.126. The summed E-state index contributed by atoms with van der Waals surface area (Å²) >= 11 is 0. The average Bonchev–Trinajstić information content (AvgIpc) is 3.51. The van der Waals surface area contributed by atoms with Gasteiger partial charge in [-0.2, -0.15) is 0 Å². The molecule has 11 nitrogen and oxygen atoms in total. The number of phenols is 1.